The van der Waals surface area contributed by atoms with Gasteiger partial charge in [0.05, 0.1) is 17.9 Å². The molecule has 0 saturated heterocycles. The highest BCUT2D eigenvalue weighted by Crippen LogP contribution is 2.33. The lowest BCUT2D eigenvalue weighted by Gasteiger charge is -2.23. The molecule has 0 saturated carbocycles. The molecule has 2 atom stereocenters. The second-order valence-corrected chi connectivity index (χ2v) is 8.50. The summed E-state index contributed by atoms with van der Waals surface area (Å²) in [5, 5.41) is 1.01. The van der Waals surface area contributed by atoms with Gasteiger partial charge in [0.15, 0.2) is 5.25 Å². The van der Waals surface area contributed by atoms with Crippen LogP contribution in [0.5, 0.6) is 0 Å². The van der Waals surface area contributed by atoms with Gasteiger partial charge in [0, 0.05) is 23.0 Å². The fourth-order valence-corrected chi connectivity index (χ4v) is 4.87. The fraction of sp³-hybridized carbons (Fsp3) is 0.500. The number of nitrogens with zero attached hydrogens (tertiary/aromatic N) is 2. The molecule has 1 aromatic heterocycles. The van der Waals surface area contributed by atoms with Gasteiger partial charge in [-0.2, -0.15) is 0 Å². The summed E-state index contributed by atoms with van der Waals surface area (Å²) >= 11 is 11.4. The minimum Gasteiger partial charge on any atom is -0.616 e. The zero-order valence-corrected chi connectivity index (χ0v) is 16.3. The van der Waals surface area contributed by atoms with Gasteiger partial charge < -0.3 is 9.12 Å². The number of benzene rings is 1. The predicted molar refractivity (Wildman–Crippen MR) is 103 cm³/mol. The maximum Gasteiger partial charge on any atom is 0.159 e. The van der Waals surface area contributed by atoms with Crippen molar-refractivity contribution in [2.24, 2.45) is 0 Å². The molecule has 2 unspecified atom stereocenters. The highest BCUT2D eigenvalue weighted by molar-refractivity contribution is 7.91. The van der Waals surface area contributed by atoms with Crippen LogP contribution in [0.4, 0.5) is 0 Å². The first-order chi connectivity index (χ1) is 11.6. The van der Waals surface area contributed by atoms with Crippen LogP contribution in [0.25, 0.3) is 0 Å². The van der Waals surface area contributed by atoms with E-state index in [2.05, 4.69) is 11.9 Å². The van der Waals surface area contributed by atoms with Crippen molar-refractivity contribution >= 4 is 34.4 Å². The average molecular weight is 387 g/mol. The van der Waals surface area contributed by atoms with Crippen LogP contribution in [0, 0.1) is 0 Å². The molecule has 0 N–H and O–H groups in total. The van der Waals surface area contributed by atoms with Crippen LogP contribution in [0.1, 0.15) is 49.8 Å². The highest BCUT2D eigenvalue weighted by Gasteiger charge is 2.27. The molecule has 0 bridgehead atoms. The summed E-state index contributed by atoms with van der Waals surface area (Å²) in [4.78, 5) is 4.07. The van der Waals surface area contributed by atoms with E-state index in [0.29, 0.717) is 22.3 Å². The Balaban J connectivity index is 2.07. The standard InChI is InChI=1S/C18H24Cl2N2OS/c1-2-3-4-5-6-11-24(23)18(13-22-10-9-21-14-22)16-8-7-15(19)12-17(16)20/h7-10,12,14,18H,2-6,11,13H2,1H3. The molecule has 1 aromatic carbocycles. The van der Waals surface area contributed by atoms with Crippen molar-refractivity contribution in [2.45, 2.75) is 50.8 Å². The molecule has 6 heteroatoms. The van der Waals surface area contributed by atoms with E-state index in [1.807, 2.05) is 22.9 Å². The summed E-state index contributed by atoms with van der Waals surface area (Å²) < 4.78 is 14.9. The van der Waals surface area contributed by atoms with Gasteiger partial charge in [-0.15, -0.1) is 0 Å². The fourth-order valence-electron chi connectivity index (χ4n) is 2.66. The SMILES string of the molecule is CCCCCCC[S+]([O-])C(Cn1ccnc1)c1ccc(Cl)cc1Cl. The smallest absolute Gasteiger partial charge is 0.159 e. The molecule has 2 rings (SSSR count). The van der Waals surface area contributed by atoms with Gasteiger partial charge in [-0.25, -0.2) is 4.98 Å². The Morgan fingerprint density at radius 3 is 2.67 bits per heavy atom. The second kappa shape index (κ2) is 10.3. The normalized spacial score (nSPS) is 13.8. The second-order valence-electron chi connectivity index (χ2n) is 5.91. The van der Waals surface area contributed by atoms with Gasteiger partial charge in [-0.05, 0) is 36.2 Å². The van der Waals surface area contributed by atoms with E-state index in [1.165, 1.54) is 19.3 Å². The minimum atomic E-state index is -0.992. The summed E-state index contributed by atoms with van der Waals surface area (Å²) in [6, 6.07) is 5.42. The van der Waals surface area contributed by atoms with Crippen molar-refractivity contribution in [3.8, 4) is 0 Å². The van der Waals surface area contributed by atoms with Crippen molar-refractivity contribution in [3.05, 3.63) is 52.5 Å². The topological polar surface area (TPSA) is 40.9 Å². The molecular formula is C18H24Cl2N2OS. The Hall–Kier alpha value is -0.680. The van der Waals surface area contributed by atoms with Crippen LogP contribution in [-0.4, -0.2) is 19.9 Å². The molecule has 3 nitrogen and oxygen atoms in total. The molecule has 0 aliphatic heterocycles. The number of imidazole rings is 1. The first-order valence-corrected chi connectivity index (χ1v) is 10.5. The zero-order valence-electron chi connectivity index (χ0n) is 14.0. The van der Waals surface area contributed by atoms with Crippen LogP contribution in [0.15, 0.2) is 36.9 Å². The molecule has 0 amide bonds. The van der Waals surface area contributed by atoms with E-state index >= 15 is 0 Å². The molecule has 0 fully saturated rings. The maximum absolute atomic E-state index is 12.9. The Morgan fingerprint density at radius 2 is 2.00 bits per heavy atom. The van der Waals surface area contributed by atoms with Gasteiger partial charge in [0.25, 0.3) is 0 Å². The molecule has 0 aliphatic rings. The van der Waals surface area contributed by atoms with Crippen molar-refractivity contribution in [1.82, 2.24) is 9.55 Å². The van der Waals surface area contributed by atoms with E-state index in [1.54, 1.807) is 18.6 Å². The molecule has 0 radical (unpaired) electrons. The van der Waals surface area contributed by atoms with E-state index < -0.39 is 11.2 Å². The number of aromatic nitrogens is 2. The summed E-state index contributed by atoms with van der Waals surface area (Å²) in [6.45, 7) is 2.80. The van der Waals surface area contributed by atoms with E-state index in [0.717, 1.165) is 18.4 Å². The molecule has 24 heavy (non-hydrogen) atoms. The summed E-state index contributed by atoms with van der Waals surface area (Å²) in [6.07, 6.45) is 11.1. The van der Waals surface area contributed by atoms with Gasteiger partial charge in [-0.1, -0.05) is 55.5 Å². The largest absolute Gasteiger partial charge is 0.616 e. The highest BCUT2D eigenvalue weighted by atomic mass is 35.5. The van der Waals surface area contributed by atoms with Gasteiger partial charge in [-0.3, -0.25) is 0 Å². The van der Waals surface area contributed by atoms with Gasteiger partial charge in [0.2, 0.25) is 0 Å². The predicted octanol–water partition coefficient (Wildman–Crippen LogP) is 5.65. The zero-order chi connectivity index (χ0) is 17.4. The third-order valence-corrected chi connectivity index (χ3v) is 6.30. The van der Waals surface area contributed by atoms with Gasteiger partial charge in [0.1, 0.15) is 5.75 Å². The first-order valence-electron chi connectivity index (χ1n) is 8.39. The average Bonchev–Trinajstić information content (AvgIpc) is 3.06. The third-order valence-electron chi connectivity index (χ3n) is 4.01. The van der Waals surface area contributed by atoms with Gasteiger partial charge >= 0.3 is 0 Å². The Kier molecular flexibility index (Phi) is 8.46. The van der Waals surface area contributed by atoms with E-state index in [9.17, 15) is 4.55 Å². The number of rotatable bonds is 10. The Bertz CT molecular complexity index is 607. The van der Waals surface area contributed by atoms with E-state index in [4.69, 9.17) is 23.2 Å². The lowest BCUT2D eigenvalue weighted by molar-refractivity contribution is 0.555. The molecule has 1 heterocycles. The molecule has 132 valence electrons. The summed E-state index contributed by atoms with van der Waals surface area (Å²) in [7, 11) is 0. The lowest BCUT2D eigenvalue weighted by atomic mass is 10.1. The molecule has 2 aromatic rings. The monoisotopic (exact) mass is 386 g/mol. The lowest BCUT2D eigenvalue weighted by Crippen LogP contribution is -2.22. The van der Waals surface area contributed by atoms with Crippen molar-refractivity contribution in [3.63, 3.8) is 0 Å². The van der Waals surface area contributed by atoms with Crippen LogP contribution >= 0.6 is 23.2 Å². The molecular weight excluding hydrogens is 363 g/mol. The third kappa shape index (κ3) is 5.99. The number of unbranched alkanes of at least 4 members (excludes halogenated alkanes) is 4. The van der Waals surface area contributed by atoms with E-state index in [-0.39, 0.29) is 5.25 Å². The molecule has 0 aliphatic carbocycles. The Labute approximate surface area is 157 Å². The number of hydrogen-bond acceptors (Lipinski definition) is 2. The summed E-state index contributed by atoms with van der Waals surface area (Å²) in [5.41, 5.74) is 0.890. The first kappa shape index (κ1) is 19.6. The van der Waals surface area contributed by atoms with Crippen LogP contribution in [-0.2, 0) is 17.7 Å². The van der Waals surface area contributed by atoms with Crippen molar-refractivity contribution in [1.29, 1.82) is 0 Å². The minimum absolute atomic E-state index is 0.157. The van der Waals surface area contributed by atoms with Crippen LogP contribution in [0.2, 0.25) is 10.0 Å². The summed E-state index contributed by atoms with van der Waals surface area (Å²) in [5.74, 6) is 0.696. The number of halogens is 2. The van der Waals surface area contributed by atoms with Crippen LogP contribution in [0.3, 0.4) is 0 Å². The van der Waals surface area contributed by atoms with Crippen molar-refractivity contribution < 1.29 is 4.55 Å². The molecule has 0 spiro atoms. The van der Waals surface area contributed by atoms with Crippen molar-refractivity contribution in [2.75, 3.05) is 5.75 Å². The number of hydrogen-bond donors (Lipinski definition) is 0. The Morgan fingerprint density at radius 1 is 1.21 bits per heavy atom. The quantitative estimate of drug-likeness (QED) is 0.390. The maximum atomic E-state index is 12.9. The van der Waals surface area contributed by atoms with Crippen LogP contribution < -0.4 is 0 Å².